The monoisotopic (exact) mass is 752 g/mol. The summed E-state index contributed by atoms with van der Waals surface area (Å²) >= 11 is 0. The Morgan fingerprint density at radius 1 is 0.288 bits per heavy atom. The maximum atomic E-state index is 6.42. The van der Waals surface area contributed by atoms with Crippen LogP contribution in [0.4, 0.5) is 0 Å². The van der Waals surface area contributed by atoms with E-state index < -0.39 is 0 Å². The number of benzene rings is 9. The van der Waals surface area contributed by atoms with E-state index in [1.807, 2.05) is 18.2 Å². The Morgan fingerprint density at radius 2 is 0.847 bits per heavy atom. The summed E-state index contributed by atoms with van der Waals surface area (Å²) in [6.07, 6.45) is 0. The molecule has 0 aliphatic heterocycles. The minimum atomic E-state index is 0.611. The smallest absolute Gasteiger partial charge is 0.164 e. The first-order valence-electron chi connectivity index (χ1n) is 19.8. The molecule has 9 aromatic carbocycles. The molecule has 0 radical (unpaired) electrons. The van der Waals surface area contributed by atoms with E-state index in [0.717, 1.165) is 93.5 Å². The first-order valence-corrected chi connectivity index (χ1v) is 19.8. The normalized spacial score (nSPS) is 11.7. The number of rotatable bonds is 5. The minimum Gasteiger partial charge on any atom is -0.456 e. The maximum Gasteiger partial charge on any atom is 0.164 e. The van der Waals surface area contributed by atoms with Crippen LogP contribution in [0.15, 0.2) is 199 Å². The molecular formula is C54H32N4O. The molecule has 0 aliphatic rings. The molecule has 0 saturated heterocycles. The highest BCUT2D eigenvalue weighted by Gasteiger charge is 2.19. The summed E-state index contributed by atoms with van der Waals surface area (Å²) < 4.78 is 6.42. The highest BCUT2D eigenvalue weighted by atomic mass is 16.3. The standard InChI is InChI=1S/C54H32N4O/c1-2-13-35(14-3-1)51-44-26-28-48-50(43-19-8-9-20-47(43)59-48)49(44)45-32-39(25-27-46(45)55-51)38-17-10-18-40(31-38)52-56-53(41-23-21-33-11-4-6-15-36(33)29-41)58-54(57-52)42-24-22-34-12-5-7-16-37(34)30-42/h1-32H. The fourth-order valence-corrected chi connectivity index (χ4v) is 8.56. The van der Waals surface area contributed by atoms with Crippen LogP contribution in [0.2, 0.25) is 0 Å². The van der Waals surface area contributed by atoms with Crippen molar-refractivity contribution < 1.29 is 4.42 Å². The van der Waals surface area contributed by atoms with Gasteiger partial charge in [-0.05, 0) is 81.2 Å². The van der Waals surface area contributed by atoms with E-state index in [4.69, 9.17) is 24.4 Å². The van der Waals surface area contributed by atoms with Crippen LogP contribution in [0, 0.1) is 0 Å². The predicted molar refractivity (Wildman–Crippen MR) is 242 cm³/mol. The predicted octanol–water partition coefficient (Wildman–Crippen LogP) is 14.1. The van der Waals surface area contributed by atoms with Crippen LogP contribution in [-0.4, -0.2) is 19.9 Å². The van der Waals surface area contributed by atoms with Crippen LogP contribution < -0.4 is 0 Å². The Morgan fingerprint density at radius 3 is 1.56 bits per heavy atom. The number of para-hydroxylation sites is 1. The van der Waals surface area contributed by atoms with Crippen LogP contribution >= 0.6 is 0 Å². The van der Waals surface area contributed by atoms with Crippen molar-refractivity contribution in [3.63, 3.8) is 0 Å². The Labute approximate surface area is 338 Å². The average molecular weight is 753 g/mol. The Hall–Kier alpha value is -8.02. The third kappa shape index (κ3) is 5.63. The van der Waals surface area contributed by atoms with Crippen LogP contribution in [0.3, 0.4) is 0 Å². The first kappa shape index (κ1) is 33.2. The number of fused-ring (bicyclic) bond motifs is 9. The zero-order valence-corrected chi connectivity index (χ0v) is 31.7. The van der Waals surface area contributed by atoms with Gasteiger partial charge in [0.25, 0.3) is 0 Å². The summed E-state index contributed by atoms with van der Waals surface area (Å²) in [5.41, 5.74) is 9.57. The van der Waals surface area contributed by atoms with Crippen molar-refractivity contribution in [3.05, 3.63) is 194 Å². The molecule has 12 rings (SSSR count). The Kier molecular flexibility index (Phi) is 7.47. The molecule has 5 heteroatoms. The number of nitrogens with zero attached hydrogens (tertiary/aromatic N) is 4. The highest BCUT2D eigenvalue weighted by Crippen LogP contribution is 2.42. The van der Waals surface area contributed by atoms with Crippen molar-refractivity contribution in [2.45, 2.75) is 0 Å². The first-order chi connectivity index (χ1) is 29.2. The molecule has 0 saturated carbocycles. The van der Waals surface area contributed by atoms with E-state index >= 15 is 0 Å². The van der Waals surface area contributed by atoms with Crippen LogP contribution in [0.5, 0.6) is 0 Å². The second-order valence-corrected chi connectivity index (χ2v) is 15.0. The Bertz CT molecular complexity index is 3530. The molecule has 5 nitrogen and oxygen atoms in total. The molecule has 0 fully saturated rings. The summed E-state index contributed by atoms with van der Waals surface area (Å²) in [4.78, 5) is 20.7. The second-order valence-electron chi connectivity index (χ2n) is 15.0. The molecule has 274 valence electrons. The molecule has 0 bridgehead atoms. The van der Waals surface area contributed by atoms with Gasteiger partial charge >= 0.3 is 0 Å². The minimum absolute atomic E-state index is 0.611. The largest absolute Gasteiger partial charge is 0.456 e. The molecular weight excluding hydrogens is 721 g/mol. The van der Waals surface area contributed by atoms with Crippen molar-refractivity contribution >= 4 is 65.2 Å². The van der Waals surface area contributed by atoms with Crippen LogP contribution in [-0.2, 0) is 0 Å². The zero-order chi connectivity index (χ0) is 38.9. The molecule has 0 atom stereocenters. The van der Waals surface area contributed by atoms with Crippen LogP contribution in [0.25, 0.3) is 122 Å². The average Bonchev–Trinajstić information content (AvgIpc) is 3.70. The lowest BCUT2D eigenvalue weighted by Gasteiger charge is -2.13. The number of hydrogen-bond donors (Lipinski definition) is 0. The SMILES string of the molecule is c1ccc(-c2nc3ccc(-c4cccc(-c5nc(-c6ccc7ccccc7c6)nc(-c6ccc7ccccc7c6)n5)c4)cc3c3c2ccc2oc4ccccc4c23)cc1. The third-order valence-corrected chi connectivity index (χ3v) is 11.4. The summed E-state index contributed by atoms with van der Waals surface area (Å²) in [6, 6.07) is 67.5. The van der Waals surface area contributed by atoms with Crippen molar-refractivity contribution in [1.82, 2.24) is 19.9 Å². The quantitative estimate of drug-likeness (QED) is 0.164. The van der Waals surface area contributed by atoms with Gasteiger partial charge in [0, 0.05) is 49.2 Å². The van der Waals surface area contributed by atoms with Gasteiger partial charge in [0.05, 0.1) is 11.2 Å². The lowest BCUT2D eigenvalue weighted by molar-refractivity contribution is 0.669. The summed E-state index contributed by atoms with van der Waals surface area (Å²) in [5.74, 6) is 1.87. The van der Waals surface area contributed by atoms with E-state index in [2.05, 4.69) is 176 Å². The molecule has 0 unspecified atom stereocenters. The third-order valence-electron chi connectivity index (χ3n) is 11.4. The number of aromatic nitrogens is 4. The fraction of sp³-hybridized carbons (Fsp3) is 0. The lowest BCUT2D eigenvalue weighted by atomic mass is 9.94. The van der Waals surface area contributed by atoms with Crippen LogP contribution in [0.1, 0.15) is 0 Å². The molecule has 12 aromatic rings. The molecule has 0 amide bonds. The molecule has 0 aliphatic carbocycles. The number of hydrogen-bond acceptors (Lipinski definition) is 5. The van der Waals surface area contributed by atoms with Gasteiger partial charge in [-0.2, -0.15) is 0 Å². The lowest BCUT2D eigenvalue weighted by Crippen LogP contribution is -2.00. The van der Waals surface area contributed by atoms with Gasteiger partial charge in [-0.1, -0.05) is 146 Å². The maximum absolute atomic E-state index is 6.42. The Balaban J connectivity index is 1.05. The highest BCUT2D eigenvalue weighted by molar-refractivity contribution is 6.28. The molecule has 3 aromatic heterocycles. The summed E-state index contributed by atoms with van der Waals surface area (Å²) in [7, 11) is 0. The van der Waals surface area contributed by atoms with Gasteiger partial charge in [-0.25, -0.2) is 19.9 Å². The molecule has 0 spiro atoms. The number of furan rings is 1. The van der Waals surface area contributed by atoms with E-state index in [9.17, 15) is 0 Å². The van der Waals surface area contributed by atoms with Crippen molar-refractivity contribution in [3.8, 4) is 56.5 Å². The van der Waals surface area contributed by atoms with Gasteiger partial charge in [-0.15, -0.1) is 0 Å². The zero-order valence-electron chi connectivity index (χ0n) is 31.7. The molecule has 59 heavy (non-hydrogen) atoms. The van der Waals surface area contributed by atoms with Crippen molar-refractivity contribution in [1.29, 1.82) is 0 Å². The topological polar surface area (TPSA) is 64.7 Å². The summed E-state index contributed by atoms with van der Waals surface area (Å²) in [5, 5.41) is 10.1. The van der Waals surface area contributed by atoms with Crippen molar-refractivity contribution in [2.75, 3.05) is 0 Å². The van der Waals surface area contributed by atoms with Gasteiger partial charge < -0.3 is 4.42 Å². The van der Waals surface area contributed by atoms with Gasteiger partial charge in [-0.3, -0.25) is 0 Å². The summed E-state index contributed by atoms with van der Waals surface area (Å²) in [6.45, 7) is 0. The van der Waals surface area contributed by atoms with Gasteiger partial charge in [0.1, 0.15) is 11.2 Å². The van der Waals surface area contributed by atoms with E-state index in [0.29, 0.717) is 17.5 Å². The fourth-order valence-electron chi connectivity index (χ4n) is 8.56. The second kappa shape index (κ2) is 13.3. The van der Waals surface area contributed by atoms with E-state index in [1.54, 1.807) is 0 Å². The van der Waals surface area contributed by atoms with E-state index in [1.165, 1.54) is 10.8 Å². The number of pyridine rings is 1. The molecule has 0 N–H and O–H groups in total. The van der Waals surface area contributed by atoms with Gasteiger partial charge in [0.15, 0.2) is 17.5 Å². The van der Waals surface area contributed by atoms with E-state index in [-0.39, 0.29) is 0 Å². The molecule has 3 heterocycles. The van der Waals surface area contributed by atoms with Gasteiger partial charge in [0.2, 0.25) is 0 Å². The van der Waals surface area contributed by atoms with Crippen molar-refractivity contribution in [2.24, 2.45) is 0 Å².